The molecule has 5 aliphatic rings. The van der Waals surface area contributed by atoms with Crippen molar-refractivity contribution in [2.45, 2.75) is 38.5 Å². The maximum absolute atomic E-state index is 13.5. The van der Waals surface area contributed by atoms with E-state index in [0.29, 0.717) is 23.2 Å². The van der Waals surface area contributed by atoms with E-state index < -0.39 is 0 Å². The molecule has 1 aromatic rings. The number of amides is 2. The highest BCUT2D eigenvalue weighted by atomic mass is 35.5. The number of rotatable bonds is 4. The molecule has 29 heavy (non-hydrogen) atoms. The number of nitrogens with zero attached hydrogens (tertiary/aromatic N) is 2. The SMILES string of the molecule is O=C(CN1CCN(C(=O)C23CC4CC(CC(C4)C2)C3)CC1)Nc1ccccc1Cl. The molecule has 0 unspecified atom stereocenters. The zero-order chi connectivity index (χ0) is 20.0. The quantitative estimate of drug-likeness (QED) is 0.816. The molecule has 6 rings (SSSR count). The van der Waals surface area contributed by atoms with Gasteiger partial charge in [-0.15, -0.1) is 0 Å². The minimum Gasteiger partial charge on any atom is -0.340 e. The largest absolute Gasteiger partial charge is 0.340 e. The van der Waals surface area contributed by atoms with Gasteiger partial charge in [0.1, 0.15) is 0 Å². The predicted octanol–water partition coefficient (Wildman–Crippen LogP) is 3.64. The van der Waals surface area contributed by atoms with Gasteiger partial charge in [0.05, 0.1) is 22.7 Å². The summed E-state index contributed by atoms with van der Waals surface area (Å²) in [6.45, 7) is 3.33. The van der Waals surface area contributed by atoms with E-state index in [1.165, 1.54) is 19.3 Å². The number of para-hydroxylation sites is 1. The Labute approximate surface area is 177 Å². The lowest BCUT2D eigenvalue weighted by Crippen LogP contribution is -2.58. The molecule has 5 nitrogen and oxygen atoms in total. The number of nitrogens with one attached hydrogen (secondary N) is 1. The van der Waals surface area contributed by atoms with Crippen LogP contribution in [0.5, 0.6) is 0 Å². The molecule has 1 aliphatic heterocycles. The summed E-state index contributed by atoms with van der Waals surface area (Å²) in [6.07, 6.45) is 7.46. The Kier molecular flexibility index (Phi) is 5.07. The van der Waals surface area contributed by atoms with Gasteiger partial charge in [0.15, 0.2) is 0 Å². The third-order valence-electron chi connectivity index (χ3n) is 7.67. The van der Waals surface area contributed by atoms with E-state index >= 15 is 0 Å². The Bertz CT molecular complexity index is 768. The van der Waals surface area contributed by atoms with Crippen molar-refractivity contribution in [3.05, 3.63) is 29.3 Å². The second kappa shape index (κ2) is 7.59. The van der Waals surface area contributed by atoms with Gasteiger partial charge in [-0.3, -0.25) is 14.5 Å². The van der Waals surface area contributed by atoms with Gasteiger partial charge in [0.2, 0.25) is 11.8 Å². The number of anilines is 1. The van der Waals surface area contributed by atoms with E-state index in [4.69, 9.17) is 11.6 Å². The van der Waals surface area contributed by atoms with Crippen LogP contribution in [0.2, 0.25) is 5.02 Å². The molecular formula is C23H30ClN3O2. The lowest BCUT2D eigenvalue weighted by Gasteiger charge is -2.57. The molecule has 1 N–H and O–H groups in total. The van der Waals surface area contributed by atoms with Crippen molar-refractivity contribution in [3.63, 3.8) is 0 Å². The molecule has 2 amide bonds. The first-order valence-electron chi connectivity index (χ1n) is 11.1. The number of carbonyl (C=O) groups is 2. The van der Waals surface area contributed by atoms with Crippen LogP contribution < -0.4 is 5.32 Å². The molecule has 4 aliphatic carbocycles. The first-order chi connectivity index (χ1) is 14.0. The topological polar surface area (TPSA) is 52.7 Å². The Morgan fingerprint density at radius 1 is 0.966 bits per heavy atom. The standard InChI is InChI=1S/C23H30ClN3O2/c24-19-3-1-2-4-20(19)25-21(28)15-26-5-7-27(8-6-26)22(29)23-12-16-9-17(13-23)11-18(10-16)14-23/h1-4,16-18H,5-15H2,(H,25,28). The van der Waals surface area contributed by atoms with Crippen LogP contribution >= 0.6 is 11.6 Å². The first-order valence-corrected chi connectivity index (χ1v) is 11.4. The average Bonchev–Trinajstić information content (AvgIpc) is 2.69. The zero-order valence-corrected chi connectivity index (χ0v) is 17.7. The van der Waals surface area contributed by atoms with Gasteiger partial charge < -0.3 is 10.2 Å². The summed E-state index contributed by atoms with van der Waals surface area (Å²) in [7, 11) is 0. The van der Waals surface area contributed by atoms with Crippen molar-refractivity contribution in [1.82, 2.24) is 9.80 Å². The van der Waals surface area contributed by atoms with E-state index in [1.54, 1.807) is 6.07 Å². The van der Waals surface area contributed by atoms with Crippen LogP contribution in [0.15, 0.2) is 24.3 Å². The molecule has 0 aromatic heterocycles. The second-order valence-electron chi connectivity index (χ2n) is 9.79. The van der Waals surface area contributed by atoms with E-state index in [1.807, 2.05) is 18.2 Å². The number of halogens is 1. The van der Waals surface area contributed by atoms with Crippen LogP contribution in [-0.4, -0.2) is 54.3 Å². The monoisotopic (exact) mass is 415 g/mol. The summed E-state index contributed by atoms with van der Waals surface area (Å²) >= 11 is 6.12. The fraction of sp³-hybridized carbons (Fsp3) is 0.652. The van der Waals surface area contributed by atoms with Crippen LogP contribution in [0.1, 0.15) is 38.5 Å². The molecule has 4 saturated carbocycles. The third-order valence-corrected chi connectivity index (χ3v) is 8.00. The van der Waals surface area contributed by atoms with E-state index in [0.717, 1.165) is 63.2 Å². The molecular weight excluding hydrogens is 386 g/mol. The highest BCUT2D eigenvalue weighted by Gasteiger charge is 2.55. The summed E-state index contributed by atoms with van der Waals surface area (Å²) in [5.74, 6) is 2.73. The van der Waals surface area contributed by atoms with Crippen molar-refractivity contribution in [2.75, 3.05) is 38.0 Å². The Morgan fingerprint density at radius 2 is 1.55 bits per heavy atom. The van der Waals surface area contributed by atoms with Gasteiger partial charge in [-0.2, -0.15) is 0 Å². The van der Waals surface area contributed by atoms with Crippen molar-refractivity contribution in [1.29, 1.82) is 0 Å². The Hall–Kier alpha value is -1.59. The predicted molar refractivity (Wildman–Crippen MR) is 114 cm³/mol. The van der Waals surface area contributed by atoms with Gasteiger partial charge in [0, 0.05) is 26.2 Å². The van der Waals surface area contributed by atoms with Crippen molar-refractivity contribution in [2.24, 2.45) is 23.2 Å². The normalized spacial score (nSPS) is 33.7. The number of benzene rings is 1. The fourth-order valence-corrected chi connectivity index (χ4v) is 6.96. The number of hydrogen-bond acceptors (Lipinski definition) is 3. The van der Waals surface area contributed by atoms with Crippen LogP contribution in [-0.2, 0) is 9.59 Å². The van der Waals surface area contributed by atoms with E-state index in [9.17, 15) is 9.59 Å². The molecule has 6 heteroatoms. The summed E-state index contributed by atoms with van der Waals surface area (Å²) in [5.41, 5.74) is 0.591. The highest BCUT2D eigenvalue weighted by Crippen LogP contribution is 2.60. The lowest BCUT2D eigenvalue weighted by molar-refractivity contribution is -0.159. The second-order valence-corrected chi connectivity index (χ2v) is 10.2. The van der Waals surface area contributed by atoms with Crippen LogP contribution in [0.4, 0.5) is 5.69 Å². The molecule has 1 heterocycles. The van der Waals surface area contributed by atoms with Crippen molar-refractivity contribution < 1.29 is 9.59 Å². The minimum atomic E-state index is -0.0572. The maximum atomic E-state index is 13.5. The van der Waals surface area contributed by atoms with Gasteiger partial charge in [0.25, 0.3) is 0 Å². The summed E-state index contributed by atoms with van der Waals surface area (Å²) in [6, 6.07) is 7.28. The lowest BCUT2D eigenvalue weighted by atomic mass is 9.49. The molecule has 156 valence electrons. The van der Waals surface area contributed by atoms with Gasteiger partial charge in [-0.1, -0.05) is 23.7 Å². The summed E-state index contributed by atoms with van der Waals surface area (Å²) < 4.78 is 0. The van der Waals surface area contributed by atoms with Gasteiger partial charge in [-0.05, 0) is 68.4 Å². The molecule has 5 fully saturated rings. The minimum absolute atomic E-state index is 0.0565. The van der Waals surface area contributed by atoms with Gasteiger partial charge in [-0.25, -0.2) is 0 Å². The summed E-state index contributed by atoms with van der Waals surface area (Å²) in [4.78, 5) is 30.1. The molecule has 1 aromatic carbocycles. The third kappa shape index (κ3) is 3.79. The molecule has 1 saturated heterocycles. The average molecular weight is 416 g/mol. The smallest absolute Gasteiger partial charge is 0.238 e. The molecule has 0 spiro atoms. The zero-order valence-electron chi connectivity index (χ0n) is 16.9. The van der Waals surface area contributed by atoms with Gasteiger partial charge >= 0.3 is 0 Å². The Balaban J connectivity index is 1.14. The first kappa shape index (κ1) is 19.4. The van der Waals surface area contributed by atoms with Crippen molar-refractivity contribution >= 4 is 29.1 Å². The van der Waals surface area contributed by atoms with Crippen LogP contribution in [0, 0.1) is 23.2 Å². The molecule has 4 bridgehead atoms. The van der Waals surface area contributed by atoms with E-state index in [-0.39, 0.29) is 11.3 Å². The Morgan fingerprint density at radius 3 is 2.14 bits per heavy atom. The van der Waals surface area contributed by atoms with Crippen LogP contribution in [0.3, 0.4) is 0 Å². The number of piperazine rings is 1. The number of hydrogen-bond donors (Lipinski definition) is 1. The summed E-state index contributed by atoms with van der Waals surface area (Å²) in [5, 5.41) is 3.44. The van der Waals surface area contributed by atoms with Crippen molar-refractivity contribution in [3.8, 4) is 0 Å². The van der Waals surface area contributed by atoms with E-state index in [2.05, 4.69) is 15.1 Å². The van der Waals surface area contributed by atoms with Crippen LogP contribution in [0.25, 0.3) is 0 Å². The molecule has 0 atom stereocenters. The number of carbonyl (C=O) groups excluding carboxylic acids is 2. The molecule has 0 radical (unpaired) electrons. The maximum Gasteiger partial charge on any atom is 0.238 e. The fourth-order valence-electron chi connectivity index (χ4n) is 6.77. The highest BCUT2D eigenvalue weighted by molar-refractivity contribution is 6.33.